The van der Waals surface area contributed by atoms with E-state index in [1.807, 2.05) is 30.3 Å². The number of nitrogens with one attached hydrogen (secondary N) is 2. The lowest BCUT2D eigenvalue weighted by Gasteiger charge is -2.16. The maximum Gasteiger partial charge on any atom is 0.278 e. The monoisotopic (exact) mass is 493 g/mol. The van der Waals surface area contributed by atoms with Crippen molar-refractivity contribution in [3.63, 3.8) is 0 Å². The predicted octanol–water partition coefficient (Wildman–Crippen LogP) is 4.38. The zero-order chi connectivity index (χ0) is 24.1. The van der Waals surface area contributed by atoms with Crippen LogP contribution in [0.15, 0.2) is 89.6 Å². The zero-order valence-electron chi connectivity index (χ0n) is 18.1. The molecule has 4 rings (SSSR count). The maximum atomic E-state index is 12.8. The molecule has 1 heterocycles. The minimum absolute atomic E-state index is 0.0333. The molecule has 6 nitrogen and oxygen atoms in total. The third-order valence-corrected chi connectivity index (χ3v) is 6.10. The van der Waals surface area contributed by atoms with Gasteiger partial charge in [-0.1, -0.05) is 83.9 Å². The van der Waals surface area contributed by atoms with Gasteiger partial charge in [-0.05, 0) is 34.9 Å². The fourth-order valence-electron chi connectivity index (χ4n) is 3.48. The van der Waals surface area contributed by atoms with Crippen LogP contribution in [0.2, 0.25) is 5.02 Å². The third kappa shape index (κ3) is 5.30. The fraction of sp³-hybridized carbons (Fsp3) is 0.115. The second-order valence-electron chi connectivity index (χ2n) is 7.70. The van der Waals surface area contributed by atoms with E-state index in [1.54, 1.807) is 48.5 Å². The third-order valence-electron chi connectivity index (χ3n) is 5.38. The Bertz CT molecular complexity index is 1260. The molecule has 0 aromatic heterocycles. The highest BCUT2D eigenvalue weighted by atomic mass is 35.5. The van der Waals surface area contributed by atoms with E-state index in [2.05, 4.69) is 10.6 Å². The molecule has 3 amide bonds. The van der Waals surface area contributed by atoms with E-state index in [-0.39, 0.29) is 29.7 Å². The molecule has 0 spiro atoms. The van der Waals surface area contributed by atoms with E-state index < -0.39 is 11.8 Å². The molecule has 0 unspecified atom stereocenters. The van der Waals surface area contributed by atoms with Crippen LogP contribution in [0.1, 0.15) is 27.0 Å². The molecule has 0 bridgehead atoms. The highest BCUT2D eigenvalue weighted by molar-refractivity contribution is 6.47. The lowest BCUT2D eigenvalue weighted by Crippen LogP contribution is -2.33. The van der Waals surface area contributed by atoms with Crippen molar-refractivity contribution < 1.29 is 14.4 Å². The summed E-state index contributed by atoms with van der Waals surface area (Å²) in [6.45, 7) is 0.735. The minimum Gasteiger partial charge on any atom is -0.375 e. The molecule has 1 aliphatic rings. The van der Waals surface area contributed by atoms with Crippen molar-refractivity contribution in [1.82, 2.24) is 15.5 Å². The molecule has 0 atom stereocenters. The average molecular weight is 494 g/mol. The molecule has 0 saturated carbocycles. The van der Waals surface area contributed by atoms with E-state index >= 15 is 0 Å². The molecule has 172 valence electrons. The van der Waals surface area contributed by atoms with E-state index in [4.69, 9.17) is 23.2 Å². The smallest absolute Gasteiger partial charge is 0.278 e. The van der Waals surface area contributed by atoms with Crippen molar-refractivity contribution in [2.45, 2.75) is 19.6 Å². The van der Waals surface area contributed by atoms with Gasteiger partial charge in [0.05, 0.1) is 6.54 Å². The molecule has 0 saturated heterocycles. The molecule has 8 heteroatoms. The number of hydrogen-bond donors (Lipinski definition) is 2. The Morgan fingerprint density at radius 2 is 1.41 bits per heavy atom. The Kier molecular flexibility index (Phi) is 7.30. The van der Waals surface area contributed by atoms with Gasteiger partial charge >= 0.3 is 0 Å². The van der Waals surface area contributed by atoms with Gasteiger partial charge in [-0.3, -0.25) is 19.3 Å². The lowest BCUT2D eigenvalue weighted by molar-refractivity contribution is -0.138. The van der Waals surface area contributed by atoms with Crippen LogP contribution in [-0.2, 0) is 29.2 Å². The first kappa shape index (κ1) is 23.5. The van der Waals surface area contributed by atoms with Crippen LogP contribution in [0, 0.1) is 0 Å². The summed E-state index contributed by atoms with van der Waals surface area (Å²) in [6.07, 6.45) is 0. The maximum absolute atomic E-state index is 12.8. The molecule has 2 N–H and O–H groups in total. The summed E-state index contributed by atoms with van der Waals surface area (Å²) in [4.78, 5) is 38.8. The van der Waals surface area contributed by atoms with Crippen LogP contribution in [0.3, 0.4) is 0 Å². The van der Waals surface area contributed by atoms with Crippen molar-refractivity contribution in [3.05, 3.63) is 117 Å². The normalized spacial score (nSPS) is 13.4. The number of benzene rings is 3. The Balaban J connectivity index is 1.34. The topological polar surface area (TPSA) is 78.5 Å². The van der Waals surface area contributed by atoms with Crippen LogP contribution >= 0.6 is 23.2 Å². The standard InChI is InChI=1S/C26H21Cl2N3O3/c27-21-9-5-4-8-20(21)16-31-25(33)22(28)23(26(31)34)29-14-18-10-12-19(13-11-18)24(32)30-15-17-6-2-1-3-7-17/h1-13,29H,14-16H2,(H,30,32). The van der Waals surface area contributed by atoms with Gasteiger partial charge in [-0.2, -0.15) is 0 Å². The van der Waals surface area contributed by atoms with Crippen LogP contribution in [0.25, 0.3) is 0 Å². The second kappa shape index (κ2) is 10.5. The Morgan fingerprint density at radius 1 is 0.765 bits per heavy atom. The molecular weight excluding hydrogens is 473 g/mol. The van der Waals surface area contributed by atoms with Crippen molar-refractivity contribution in [3.8, 4) is 0 Å². The van der Waals surface area contributed by atoms with Gasteiger partial charge in [-0.15, -0.1) is 0 Å². The number of amides is 3. The quantitative estimate of drug-likeness (QED) is 0.456. The van der Waals surface area contributed by atoms with Crippen molar-refractivity contribution in [2.24, 2.45) is 0 Å². The molecule has 0 aliphatic carbocycles. The van der Waals surface area contributed by atoms with Gasteiger partial charge < -0.3 is 10.6 Å². The van der Waals surface area contributed by atoms with Crippen LogP contribution in [-0.4, -0.2) is 22.6 Å². The van der Waals surface area contributed by atoms with Gasteiger partial charge in [0.25, 0.3) is 17.7 Å². The Hall–Kier alpha value is -3.61. The Labute approximate surface area is 207 Å². The zero-order valence-corrected chi connectivity index (χ0v) is 19.6. The molecule has 34 heavy (non-hydrogen) atoms. The van der Waals surface area contributed by atoms with E-state index in [0.29, 0.717) is 22.7 Å². The first-order valence-corrected chi connectivity index (χ1v) is 11.3. The molecule has 0 radical (unpaired) electrons. The predicted molar refractivity (Wildman–Crippen MR) is 131 cm³/mol. The number of imide groups is 1. The highest BCUT2D eigenvalue weighted by Gasteiger charge is 2.37. The number of carbonyl (C=O) groups is 3. The number of rotatable bonds is 8. The first-order valence-electron chi connectivity index (χ1n) is 10.6. The molecule has 1 aliphatic heterocycles. The van der Waals surface area contributed by atoms with Gasteiger partial charge in [0.15, 0.2) is 0 Å². The fourth-order valence-corrected chi connectivity index (χ4v) is 3.93. The summed E-state index contributed by atoms with van der Waals surface area (Å²) in [5, 5.41) is 6.14. The van der Waals surface area contributed by atoms with Crippen molar-refractivity contribution in [2.75, 3.05) is 0 Å². The summed E-state index contributed by atoms with van der Waals surface area (Å²) < 4.78 is 0. The number of nitrogens with zero attached hydrogens (tertiary/aromatic N) is 1. The van der Waals surface area contributed by atoms with Crippen molar-refractivity contribution in [1.29, 1.82) is 0 Å². The molecule has 3 aromatic carbocycles. The van der Waals surface area contributed by atoms with Crippen LogP contribution in [0.4, 0.5) is 0 Å². The summed E-state index contributed by atoms with van der Waals surface area (Å²) in [5.74, 6) is -1.26. The van der Waals surface area contributed by atoms with Gasteiger partial charge in [-0.25, -0.2) is 0 Å². The second-order valence-corrected chi connectivity index (χ2v) is 8.48. The number of hydrogen-bond acceptors (Lipinski definition) is 4. The average Bonchev–Trinajstić information content (AvgIpc) is 3.06. The SMILES string of the molecule is O=C(NCc1ccccc1)c1ccc(CNC2=C(Cl)C(=O)N(Cc3ccccc3Cl)C2=O)cc1. The highest BCUT2D eigenvalue weighted by Crippen LogP contribution is 2.26. The van der Waals surface area contributed by atoms with E-state index in [1.165, 1.54) is 0 Å². The van der Waals surface area contributed by atoms with Crippen LogP contribution in [0.5, 0.6) is 0 Å². The first-order chi connectivity index (χ1) is 16.4. The van der Waals surface area contributed by atoms with Gasteiger partial charge in [0, 0.05) is 23.7 Å². The van der Waals surface area contributed by atoms with Crippen LogP contribution < -0.4 is 10.6 Å². The van der Waals surface area contributed by atoms with E-state index in [9.17, 15) is 14.4 Å². The molecular formula is C26H21Cl2N3O3. The summed E-state index contributed by atoms with van der Waals surface area (Å²) >= 11 is 12.3. The summed E-state index contributed by atoms with van der Waals surface area (Å²) in [6, 6.07) is 23.6. The number of carbonyl (C=O) groups excluding carboxylic acids is 3. The molecule has 0 fully saturated rings. The number of halogens is 2. The summed E-state index contributed by atoms with van der Waals surface area (Å²) in [7, 11) is 0. The van der Waals surface area contributed by atoms with Crippen molar-refractivity contribution >= 4 is 40.9 Å². The van der Waals surface area contributed by atoms with Gasteiger partial charge in [0.1, 0.15) is 10.7 Å². The largest absolute Gasteiger partial charge is 0.375 e. The van der Waals surface area contributed by atoms with Gasteiger partial charge in [0.2, 0.25) is 0 Å². The van der Waals surface area contributed by atoms with E-state index in [0.717, 1.165) is 16.0 Å². The lowest BCUT2D eigenvalue weighted by atomic mass is 10.1. The Morgan fingerprint density at radius 3 is 2.12 bits per heavy atom. The minimum atomic E-state index is -0.570. The summed E-state index contributed by atoms with van der Waals surface area (Å²) in [5.41, 5.74) is 3.05. The molecule has 3 aromatic rings.